The van der Waals surface area contributed by atoms with Gasteiger partial charge in [0.2, 0.25) is 0 Å². The molecule has 1 aromatic carbocycles. The van der Waals surface area contributed by atoms with E-state index in [1.54, 1.807) is 0 Å². The van der Waals surface area contributed by atoms with Crippen LogP contribution in [0.2, 0.25) is 5.02 Å². The Balaban J connectivity index is 2.63. The molecule has 0 fully saturated rings. The van der Waals surface area contributed by atoms with Gasteiger partial charge in [-0.2, -0.15) is 0 Å². The quantitative estimate of drug-likeness (QED) is 0.824. The minimum atomic E-state index is -0.365. The molecule has 88 valence electrons. The van der Waals surface area contributed by atoms with Gasteiger partial charge in [-0.05, 0) is 24.3 Å². The highest BCUT2D eigenvalue weighted by molar-refractivity contribution is 6.30. The molecule has 1 heterocycles. The van der Waals surface area contributed by atoms with Gasteiger partial charge in [0.15, 0.2) is 5.75 Å². The third-order valence-electron chi connectivity index (χ3n) is 2.28. The first-order valence-electron chi connectivity index (χ1n) is 4.84. The van der Waals surface area contributed by atoms with E-state index in [1.165, 1.54) is 48.2 Å². The van der Waals surface area contributed by atoms with Crippen LogP contribution in [0.3, 0.4) is 0 Å². The SMILES string of the molecule is COc1cc(Cl)cn(-c2ccc(F)cc2)c1=O. The van der Waals surface area contributed by atoms with Crippen LogP contribution in [-0.2, 0) is 0 Å². The van der Waals surface area contributed by atoms with E-state index in [4.69, 9.17) is 16.3 Å². The molecule has 0 aliphatic carbocycles. The summed E-state index contributed by atoms with van der Waals surface area (Å²) < 4.78 is 19.0. The zero-order valence-electron chi connectivity index (χ0n) is 8.98. The van der Waals surface area contributed by atoms with E-state index in [1.807, 2.05) is 0 Å². The number of aromatic nitrogens is 1. The van der Waals surface area contributed by atoms with Gasteiger partial charge >= 0.3 is 0 Å². The van der Waals surface area contributed by atoms with Gasteiger partial charge in [0.1, 0.15) is 5.82 Å². The summed E-state index contributed by atoms with van der Waals surface area (Å²) in [4.78, 5) is 11.9. The van der Waals surface area contributed by atoms with Gasteiger partial charge in [0.25, 0.3) is 5.56 Å². The lowest BCUT2D eigenvalue weighted by Crippen LogP contribution is -2.19. The molecule has 0 aliphatic rings. The summed E-state index contributed by atoms with van der Waals surface area (Å²) in [5.74, 6) is -0.224. The summed E-state index contributed by atoms with van der Waals surface area (Å²) in [6.45, 7) is 0. The first-order valence-corrected chi connectivity index (χ1v) is 5.22. The van der Waals surface area contributed by atoms with Crippen molar-refractivity contribution < 1.29 is 9.13 Å². The van der Waals surface area contributed by atoms with Crippen LogP contribution in [0.15, 0.2) is 41.3 Å². The molecule has 2 rings (SSSR count). The van der Waals surface area contributed by atoms with E-state index in [2.05, 4.69) is 0 Å². The van der Waals surface area contributed by atoms with Crippen molar-refractivity contribution in [3.8, 4) is 11.4 Å². The summed E-state index contributed by atoms with van der Waals surface area (Å²) >= 11 is 5.87. The molecule has 0 N–H and O–H groups in total. The molecular formula is C12H9ClFNO2. The van der Waals surface area contributed by atoms with Crippen molar-refractivity contribution in [3.63, 3.8) is 0 Å². The van der Waals surface area contributed by atoms with Gasteiger partial charge in [-0.1, -0.05) is 11.6 Å². The van der Waals surface area contributed by atoms with Gasteiger partial charge in [-0.25, -0.2) is 4.39 Å². The number of methoxy groups -OCH3 is 1. The topological polar surface area (TPSA) is 31.2 Å². The zero-order chi connectivity index (χ0) is 12.4. The fourth-order valence-electron chi connectivity index (χ4n) is 1.46. The Labute approximate surface area is 102 Å². The lowest BCUT2D eigenvalue weighted by molar-refractivity contribution is 0.406. The minimum absolute atomic E-state index is 0.141. The van der Waals surface area contributed by atoms with Crippen molar-refractivity contribution in [2.45, 2.75) is 0 Å². The second-order valence-electron chi connectivity index (χ2n) is 3.38. The number of halogens is 2. The molecule has 1 aromatic heterocycles. The van der Waals surface area contributed by atoms with Crippen LogP contribution in [0.4, 0.5) is 4.39 Å². The summed E-state index contributed by atoms with van der Waals surface area (Å²) in [5, 5.41) is 0.366. The fraction of sp³-hybridized carbons (Fsp3) is 0.0833. The molecule has 0 saturated heterocycles. The predicted octanol–water partition coefficient (Wildman–Crippen LogP) is 2.64. The van der Waals surface area contributed by atoms with E-state index in [0.29, 0.717) is 10.7 Å². The zero-order valence-corrected chi connectivity index (χ0v) is 9.74. The third-order valence-corrected chi connectivity index (χ3v) is 2.48. The number of nitrogens with zero attached hydrogens (tertiary/aromatic N) is 1. The summed E-state index contributed by atoms with van der Waals surface area (Å²) in [5.41, 5.74) is 0.181. The molecule has 0 radical (unpaired) electrons. The van der Waals surface area contributed by atoms with E-state index in [9.17, 15) is 9.18 Å². The lowest BCUT2D eigenvalue weighted by atomic mass is 10.3. The number of pyridine rings is 1. The Morgan fingerprint density at radius 3 is 2.53 bits per heavy atom. The molecule has 0 spiro atoms. The Morgan fingerprint density at radius 2 is 1.94 bits per heavy atom. The number of ether oxygens (including phenoxy) is 1. The maximum absolute atomic E-state index is 12.8. The second kappa shape index (κ2) is 4.59. The van der Waals surface area contributed by atoms with Crippen molar-refractivity contribution in [2.24, 2.45) is 0 Å². The Bertz CT molecular complexity index is 592. The van der Waals surface area contributed by atoms with Gasteiger partial charge in [0.05, 0.1) is 12.1 Å². The lowest BCUT2D eigenvalue weighted by Gasteiger charge is -2.08. The van der Waals surface area contributed by atoms with Crippen LogP contribution >= 0.6 is 11.6 Å². The number of benzene rings is 1. The maximum Gasteiger partial charge on any atom is 0.297 e. The first kappa shape index (κ1) is 11.7. The smallest absolute Gasteiger partial charge is 0.297 e. The molecule has 0 amide bonds. The van der Waals surface area contributed by atoms with Crippen molar-refractivity contribution in [3.05, 3.63) is 57.7 Å². The molecule has 0 saturated carbocycles. The summed E-state index contributed by atoms with van der Waals surface area (Å²) in [6, 6.07) is 6.97. The van der Waals surface area contributed by atoms with Crippen LogP contribution in [0.25, 0.3) is 5.69 Å². The van der Waals surface area contributed by atoms with Crippen molar-refractivity contribution >= 4 is 11.6 Å². The minimum Gasteiger partial charge on any atom is -0.491 e. The Hall–Kier alpha value is -1.81. The van der Waals surface area contributed by atoms with Gasteiger partial charge < -0.3 is 4.74 Å². The number of rotatable bonds is 2. The van der Waals surface area contributed by atoms with Crippen molar-refractivity contribution in [1.82, 2.24) is 4.57 Å². The average molecular weight is 254 g/mol. The summed E-state index contributed by atoms with van der Waals surface area (Å²) in [6.07, 6.45) is 1.46. The largest absolute Gasteiger partial charge is 0.491 e. The summed E-state index contributed by atoms with van der Waals surface area (Å²) in [7, 11) is 1.39. The van der Waals surface area contributed by atoms with Crippen LogP contribution < -0.4 is 10.3 Å². The van der Waals surface area contributed by atoms with E-state index in [0.717, 1.165) is 0 Å². The third kappa shape index (κ3) is 2.31. The molecule has 0 unspecified atom stereocenters. The van der Waals surface area contributed by atoms with Gasteiger partial charge in [0, 0.05) is 18.0 Å². The van der Waals surface area contributed by atoms with Crippen LogP contribution in [0.1, 0.15) is 0 Å². The Morgan fingerprint density at radius 1 is 1.29 bits per heavy atom. The molecule has 0 atom stereocenters. The van der Waals surface area contributed by atoms with Crippen LogP contribution in [-0.4, -0.2) is 11.7 Å². The number of hydrogen-bond donors (Lipinski definition) is 0. The average Bonchev–Trinajstić information content (AvgIpc) is 2.33. The maximum atomic E-state index is 12.8. The molecular weight excluding hydrogens is 245 g/mol. The normalized spacial score (nSPS) is 10.3. The van der Waals surface area contributed by atoms with Gasteiger partial charge in [-0.3, -0.25) is 9.36 Å². The molecule has 17 heavy (non-hydrogen) atoms. The Kier molecular flexibility index (Phi) is 3.15. The molecule has 5 heteroatoms. The highest BCUT2D eigenvalue weighted by Gasteiger charge is 2.07. The molecule has 0 aliphatic heterocycles. The molecule has 0 bridgehead atoms. The predicted molar refractivity (Wildman–Crippen MR) is 63.6 cm³/mol. The highest BCUT2D eigenvalue weighted by atomic mass is 35.5. The van der Waals surface area contributed by atoms with Crippen LogP contribution in [0.5, 0.6) is 5.75 Å². The van der Waals surface area contributed by atoms with Crippen LogP contribution in [0, 0.1) is 5.82 Å². The second-order valence-corrected chi connectivity index (χ2v) is 3.81. The molecule has 3 nitrogen and oxygen atoms in total. The standard InChI is InChI=1S/C12H9ClFNO2/c1-17-11-6-8(13)7-15(12(11)16)10-4-2-9(14)3-5-10/h2-7H,1H3. The van der Waals surface area contributed by atoms with E-state index >= 15 is 0 Å². The number of hydrogen-bond acceptors (Lipinski definition) is 2. The van der Waals surface area contributed by atoms with E-state index < -0.39 is 0 Å². The molecule has 2 aromatic rings. The van der Waals surface area contributed by atoms with E-state index in [-0.39, 0.29) is 17.1 Å². The first-order chi connectivity index (χ1) is 8.11. The van der Waals surface area contributed by atoms with Gasteiger partial charge in [-0.15, -0.1) is 0 Å². The van der Waals surface area contributed by atoms with Crippen molar-refractivity contribution in [1.29, 1.82) is 0 Å². The highest BCUT2D eigenvalue weighted by Crippen LogP contribution is 2.16. The van der Waals surface area contributed by atoms with Crippen molar-refractivity contribution in [2.75, 3.05) is 7.11 Å². The monoisotopic (exact) mass is 253 g/mol. The fourth-order valence-corrected chi connectivity index (χ4v) is 1.66.